The molecule has 5 N–H and O–H groups in total. The second-order valence-corrected chi connectivity index (χ2v) is 4.91. The van der Waals surface area contributed by atoms with Crippen LogP contribution in [-0.2, 0) is 14.3 Å². The molecule has 0 saturated carbocycles. The third-order valence-electron chi connectivity index (χ3n) is 1.81. The van der Waals surface area contributed by atoms with Crippen LogP contribution in [0.5, 0.6) is 0 Å². The third-order valence-corrected chi connectivity index (χ3v) is 1.81. The lowest BCUT2D eigenvalue weighted by Gasteiger charge is -2.19. The number of carbonyl (C=O) groups excluding carboxylic acids is 4. The molecule has 0 unspecified atom stereocenters. The smallest absolute Gasteiger partial charge is 0.426 e. The molecule has 22 heavy (non-hydrogen) atoms. The minimum absolute atomic E-state index is 0.00365. The first-order valence-corrected chi connectivity index (χ1v) is 6.29. The van der Waals surface area contributed by atoms with E-state index in [4.69, 9.17) is 4.74 Å². The van der Waals surface area contributed by atoms with Crippen LogP contribution in [-0.4, -0.2) is 43.4 Å². The van der Waals surface area contributed by atoms with Gasteiger partial charge in [-0.05, 0) is 20.8 Å². The van der Waals surface area contributed by atoms with E-state index in [-0.39, 0.29) is 13.0 Å². The van der Waals surface area contributed by atoms with Crippen molar-refractivity contribution in [3.63, 3.8) is 0 Å². The molecular weight excluding hydrogens is 298 g/mol. The fourth-order valence-corrected chi connectivity index (χ4v) is 0.981. The SMILES string of the molecule is COC(=O)CCNC(=O)NNC(=O)NNC(=O)OC(C)(C)C. The third kappa shape index (κ3) is 11.1. The molecule has 0 aliphatic carbocycles. The minimum atomic E-state index is -0.894. The number of amides is 5. The van der Waals surface area contributed by atoms with Gasteiger partial charge in [0.2, 0.25) is 0 Å². The zero-order chi connectivity index (χ0) is 17.2. The van der Waals surface area contributed by atoms with Gasteiger partial charge in [-0.2, -0.15) is 0 Å². The number of carbonyl (C=O) groups is 4. The van der Waals surface area contributed by atoms with E-state index in [9.17, 15) is 19.2 Å². The fourth-order valence-electron chi connectivity index (χ4n) is 0.981. The van der Waals surface area contributed by atoms with Crippen molar-refractivity contribution in [1.82, 2.24) is 27.0 Å². The number of hydrogen-bond acceptors (Lipinski definition) is 6. The number of methoxy groups -OCH3 is 1. The van der Waals surface area contributed by atoms with Crippen molar-refractivity contribution in [2.24, 2.45) is 0 Å². The number of rotatable bonds is 3. The van der Waals surface area contributed by atoms with E-state index in [1.54, 1.807) is 20.8 Å². The van der Waals surface area contributed by atoms with Crippen LogP contribution in [0.15, 0.2) is 0 Å². The average molecular weight is 319 g/mol. The first kappa shape index (κ1) is 19.3. The maximum Gasteiger partial charge on any atom is 0.426 e. The summed E-state index contributed by atoms with van der Waals surface area (Å²) in [6, 6.07) is -1.63. The first-order valence-electron chi connectivity index (χ1n) is 6.29. The van der Waals surface area contributed by atoms with Crippen molar-refractivity contribution in [1.29, 1.82) is 0 Å². The molecule has 0 aromatic carbocycles. The molecule has 0 rings (SSSR count). The quantitative estimate of drug-likeness (QED) is 0.350. The second kappa shape index (κ2) is 9.26. The van der Waals surface area contributed by atoms with Gasteiger partial charge >= 0.3 is 24.1 Å². The molecule has 11 nitrogen and oxygen atoms in total. The highest BCUT2D eigenvalue weighted by atomic mass is 16.6. The summed E-state index contributed by atoms with van der Waals surface area (Å²) >= 11 is 0. The highest BCUT2D eigenvalue weighted by Gasteiger charge is 2.16. The standard InChI is InChI=1S/C11H21N5O6/c1-11(2,3)22-10(20)16-15-9(19)14-13-8(18)12-6-5-7(17)21-4/h5-6H2,1-4H3,(H,16,20)(H2,12,13,18)(H2,14,15,19). The Hall–Kier alpha value is -2.72. The zero-order valence-electron chi connectivity index (χ0n) is 12.9. The Morgan fingerprint density at radius 2 is 1.45 bits per heavy atom. The summed E-state index contributed by atoms with van der Waals surface area (Å²) < 4.78 is 9.24. The van der Waals surface area contributed by atoms with Crippen LogP contribution in [0.2, 0.25) is 0 Å². The number of esters is 1. The van der Waals surface area contributed by atoms with Gasteiger partial charge in [0.1, 0.15) is 5.60 Å². The molecule has 0 saturated heterocycles. The molecule has 0 bridgehead atoms. The van der Waals surface area contributed by atoms with Gasteiger partial charge in [-0.3, -0.25) is 4.79 Å². The number of nitrogens with one attached hydrogen (secondary N) is 5. The average Bonchev–Trinajstić information content (AvgIpc) is 2.40. The Kier molecular flexibility index (Phi) is 8.11. The molecule has 0 aliphatic rings. The van der Waals surface area contributed by atoms with Gasteiger partial charge in [0.05, 0.1) is 13.5 Å². The summed E-state index contributed by atoms with van der Waals surface area (Å²) in [7, 11) is 1.23. The van der Waals surface area contributed by atoms with E-state index < -0.39 is 29.7 Å². The maximum absolute atomic E-state index is 11.2. The van der Waals surface area contributed by atoms with Crippen LogP contribution >= 0.6 is 0 Å². The number of hydrogen-bond donors (Lipinski definition) is 5. The van der Waals surface area contributed by atoms with E-state index in [0.29, 0.717) is 0 Å². The summed E-state index contributed by atoms with van der Waals surface area (Å²) in [5, 5.41) is 2.29. The number of ether oxygens (including phenoxy) is 2. The summed E-state index contributed by atoms with van der Waals surface area (Å²) in [5.41, 5.74) is 7.16. The van der Waals surface area contributed by atoms with Crippen LogP contribution in [0.25, 0.3) is 0 Å². The van der Waals surface area contributed by atoms with Crippen LogP contribution in [0, 0.1) is 0 Å². The minimum Gasteiger partial charge on any atom is -0.469 e. The lowest BCUT2D eigenvalue weighted by atomic mass is 10.2. The molecule has 0 atom stereocenters. The van der Waals surface area contributed by atoms with E-state index >= 15 is 0 Å². The van der Waals surface area contributed by atoms with Crippen LogP contribution in [0.1, 0.15) is 27.2 Å². The van der Waals surface area contributed by atoms with Gasteiger partial charge in [-0.15, -0.1) is 0 Å². The molecule has 0 aliphatic heterocycles. The molecular formula is C11H21N5O6. The van der Waals surface area contributed by atoms with Gasteiger partial charge < -0.3 is 14.8 Å². The Morgan fingerprint density at radius 3 is 2.00 bits per heavy atom. The van der Waals surface area contributed by atoms with Crippen molar-refractivity contribution < 1.29 is 28.7 Å². The van der Waals surface area contributed by atoms with Crippen LogP contribution in [0.3, 0.4) is 0 Å². The maximum atomic E-state index is 11.2. The van der Waals surface area contributed by atoms with Gasteiger partial charge in [-0.1, -0.05) is 0 Å². The Bertz CT molecular complexity index is 420. The molecule has 126 valence electrons. The normalized spacial score (nSPS) is 10.0. The Balaban J connectivity index is 3.78. The predicted molar refractivity (Wildman–Crippen MR) is 74.2 cm³/mol. The highest BCUT2D eigenvalue weighted by Crippen LogP contribution is 2.05. The molecule has 0 aromatic rings. The van der Waals surface area contributed by atoms with Gasteiger partial charge in [0, 0.05) is 6.54 Å². The topological polar surface area (TPSA) is 147 Å². The van der Waals surface area contributed by atoms with E-state index in [0.717, 1.165) is 0 Å². The lowest BCUT2D eigenvalue weighted by Crippen LogP contribution is -2.55. The highest BCUT2D eigenvalue weighted by molar-refractivity contribution is 5.81. The number of hydrazine groups is 2. The van der Waals surface area contributed by atoms with Gasteiger partial charge in [-0.25, -0.2) is 36.1 Å². The van der Waals surface area contributed by atoms with E-state index in [1.165, 1.54) is 7.11 Å². The Morgan fingerprint density at radius 1 is 0.909 bits per heavy atom. The van der Waals surface area contributed by atoms with Crippen molar-refractivity contribution in [2.75, 3.05) is 13.7 Å². The van der Waals surface area contributed by atoms with Crippen molar-refractivity contribution in [3.8, 4) is 0 Å². The van der Waals surface area contributed by atoms with Gasteiger partial charge in [0.15, 0.2) is 0 Å². The second-order valence-electron chi connectivity index (χ2n) is 4.91. The first-order chi connectivity index (χ1) is 10.1. The van der Waals surface area contributed by atoms with Crippen molar-refractivity contribution in [3.05, 3.63) is 0 Å². The molecule has 0 aromatic heterocycles. The van der Waals surface area contributed by atoms with Crippen LogP contribution < -0.4 is 27.0 Å². The summed E-state index contributed by atoms with van der Waals surface area (Å²) in [6.07, 6.45) is -0.860. The number of urea groups is 2. The lowest BCUT2D eigenvalue weighted by molar-refractivity contribution is -0.140. The monoisotopic (exact) mass is 319 g/mol. The van der Waals surface area contributed by atoms with E-state index in [2.05, 4.69) is 10.1 Å². The molecule has 0 heterocycles. The Labute approximate surface area is 127 Å². The molecule has 0 spiro atoms. The van der Waals surface area contributed by atoms with Gasteiger partial charge in [0.25, 0.3) is 0 Å². The molecule has 11 heteroatoms. The van der Waals surface area contributed by atoms with Crippen molar-refractivity contribution in [2.45, 2.75) is 32.8 Å². The van der Waals surface area contributed by atoms with E-state index in [1.807, 2.05) is 21.7 Å². The summed E-state index contributed by atoms with van der Waals surface area (Å²) in [5.74, 6) is -0.479. The largest absolute Gasteiger partial charge is 0.469 e. The summed E-state index contributed by atoms with van der Waals surface area (Å²) in [6.45, 7) is 5.02. The predicted octanol–water partition coefficient (Wildman–Crippen LogP) is -0.497. The zero-order valence-corrected chi connectivity index (χ0v) is 12.9. The summed E-state index contributed by atoms with van der Waals surface area (Å²) in [4.78, 5) is 44.4. The fraction of sp³-hybridized carbons (Fsp3) is 0.636. The van der Waals surface area contributed by atoms with Crippen LogP contribution in [0.4, 0.5) is 14.4 Å². The molecule has 5 amide bonds. The molecule has 0 radical (unpaired) electrons. The molecule has 0 fully saturated rings. The van der Waals surface area contributed by atoms with Crippen molar-refractivity contribution >= 4 is 24.1 Å².